The van der Waals surface area contributed by atoms with Gasteiger partial charge in [0, 0.05) is 11.8 Å². The van der Waals surface area contributed by atoms with Crippen molar-refractivity contribution in [3.63, 3.8) is 0 Å². The maximum absolute atomic E-state index is 9.05. The van der Waals surface area contributed by atoms with Gasteiger partial charge in [0.25, 0.3) is 0 Å². The van der Waals surface area contributed by atoms with Crippen LogP contribution in [0.25, 0.3) is 11.3 Å². The van der Waals surface area contributed by atoms with E-state index >= 15 is 0 Å². The molecule has 82 valence electrons. The molecule has 4 heteroatoms. The first-order chi connectivity index (χ1) is 7.72. The van der Waals surface area contributed by atoms with Crippen LogP contribution in [-0.4, -0.2) is 10.1 Å². The first kappa shape index (κ1) is 11.4. The van der Waals surface area contributed by atoms with E-state index in [-0.39, 0.29) is 6.61 Å². The number of rotatable bonds is 2. The van der Waals surface area contributed by atoms with Gasteiger partial charge in [-0.2, -0.15) is 0 Å². The maximum atomic E-state index is 9.05. The van der Waals surface area contributed by atoms with Gasteiger partial charge >= 0.3 is 0 Å². The van der Waals surface area contributed by atoms with Crippen molar-refractivity contribution >= 4 is 23.2 Å². The monoisotopic (exact) mass is 253 g/mol. The molecule has 1 N–H and O–H groups in total. The molecule has 0 amide bonds. The fourth-order valence-electron chi connectivity index (χ4n) is 1.45. The van der Waals surface area contributed by atoms with Crippen molar-refractivity contribution in [3.8, 4) is 11.3 Å². The van der Waals surface area contributed by atoms with Gasteiger partial charge in [-0.15, -0.1) is 0 Å². The van der Waals surface area contributed by atoms with Crippen molar-refractivity contribution in [2.45, 2.75) is 6.61 Å². The van der Waals surface area contributed by atoms with E-state index in [0.29, 0.717) is 21.3 Å². The highest BCUT2D eigenvalue weighted by Gasteiger charge is 2.09. The summed E-state index contributed by atoms with van der Waals surface area (Å²) in [6, 6.07) is 8.82. The molecule has 2 nitrogen and oxygen atoms in total. The van der Waals surface area contributed by atoms with Crippen molar-refractivity contribution in [2.24, 2.45) is 0 Å². The molecule has 0 saturated carbocycles. The van der Waals surface area contributed by atoms with Crippen LogP contribution >= 0.6 is 23.2 Å². The van der Waals surface area contributed by atoms with Gasteiger partial charge in [-0.3, -0.25) is 4.98 Å². The molecule has 2 aromatic rings. The Balaban J connectivity index is 2.58. The third-order valence-electron chi connectivity index (χ3n) is 2.23. The second-order valence-electron chi connectivity index (χ2n) is 3.30. The second-order valence-corrected chi connectivity index (χ2v) is 4.12. The van der Waals surface area contributed by atoms with Crippen LogP contribution in [0, 0.1) is 0 Å². The molecule has 0 aliphatic carbocycles. The Morgan fingerprint density at radius 2 is 1.81 bits per heavy atom. The summed E-state index contributed by atoms with van der Waals surface area (Å²) in [5.74, 6) is 0. The summed E-state index contributed by atoms with van der Waals surface area (Å²) in [6.45, 7) is -0.0302. The summed E-state index contributed by atoms with van der Waals surface area (Å²) in [5.41, 5.74) is 2.14. The lowest BCUT2D eigenvalue weighted by molar-refractivity contribution is 0.282. The molecule has 0 saturated heterocycles. The lowest BCUT2D eigenvalue weighted by Crippen LogP contribution is -1.89. The smallest absolute Gasteiger partial charge is 0.0735 e. The maximum Gasteiger partial charge on any atom is 0.0735 e. The van der Waals surface area contributed by atoms with Crippen molar-refractivity contribution in [3.05, 3.63) is 52.1 Å². The van der Waals surface area contributed by atoms with Gasteiger partial charge in [0.2, 0.25) is 0 Å². The fourth-order valence-corrected chi connectivity index (χ4v) is 2.04. The van der Waals surface area contributed by atoms with E-state index in [1.165, 1.54) is 0 Å². The molecule has 1 heterocycles. The number of nitrogens with zero attached hydrogens (tertiary/aromatic N) is 1. The molecular weight excluding hydrogens is 245 g/mol. The van der Waals surface area contributed by atoms with Crippen molar-refractivity contribution in [1.29, 1.82) is 0 Å². The molecule has 0 aliphatic rings. The van der Waals surface area contributed by atoms with Crippen LogP contribution in [0.15, 0.2) is 36.5 Å². The zero-order valence-electron chi connectivity index (χ0n) is 8.32. The van der Waals surface area contributed by atoms with E-state index in [4.69, 9.17) is 28.3 Å². The van der Waals surface area contributed by atoms with E-state index in [1.807, 2.05) is 0 Å². The van der Waals surface area contributed by atoms with E-state index in [9.17, 15) is 0 Å². The lowest BCUT2D eigenvalue weighted by Gasteiger charge is -2.07. The predicted molar refractivity (Wildman–Crippen MR) is 65.6 cm³/mol. The number of aromatic nitrogens is 1. The first-order valence-electron chi connectivity index (χ1n) is 4.72. The molecule has 0 atom stereocenters. The Labute approximate surface area is 103 Å². The molecule has 1 aromatic carbocycles. The Morgan fingerprint density at radius 3 is 2.44 bits per heavy atom. The van der Waals surface area contributed by atoms with Crippen molar-refractivity contribution in [2.75, 3.05) is 0 Å². The zero-order chi connectivity index (χ0) is 11.5. The molecule has 0 aliphatic heterocycles. The summed E-state index contributed by atoms with van der Waals surface area (Å²) in [6.07, 6.45) is 1.63. The molecule has 2 rings (SSSR count). The Bertz CT molecular complexity index is 494. The van der Waals surface area contributed by atoms with Crippen molar-refractivity contribution < 1.29 is 5.11 Å². The summed E-state index contributed by atoms with van der Waals surface area (Å²) in [7, 11) is 0. The van der Waals surface area contributed by atoms with E-state index in [0.717, 1.165) is 5.56 Å². The van der Waals surface area contributed by atoms with Gasteiger partial charge in [0.15, 0.2) is 0 Å². The highest BCUT2D eigenvalue weighted by atomic mass is 35.5. The Kier molecular flexibility index (Phi) is 3.44. The molecule has 0 fully saturated rings. The molecule has 0 radical (unpaired) electrons. The van der Waals surface area contributed by atoms with Gasteiger partial charge < -0.3 is 5.11 Å². The third kappa shape index (κ3) is 2.19. The van der Waals surface area contributed by atoms with Gasteiger partial charge in [-0.25, -0.2) is 0 Å². The SMILES string of the molecule is OCc1ccnc(-c2c(Cl)cccc2Cl)c1. The van der Waals surface area contributed by atoms with Gasteiger partial charge in [-0.1, -0.05) is 29.3 Å². The predicted octanol–water partition coefficient (Wildman–Crippen LogP) is 3.55. The van der Waals surface area contributed by atoms with E-state index in [1.54, 1.807) is 36.5 Å². The zero-order valence-corrected chi connectivity index (χ0v) is 9.83. The summed E-state index contributed by atoms with van der Waals surface area (Å²) in [4.78, 5) is 4.20. The highest BCUT2D eigenvalue weighted by Crippen LogP contribution is 2.33. The van der Waals surface area contributed by atoms with Gasteiger partial charge in [-0.05, 0) is 29.8 Å². The number of aliphatic hydroxyl groups is 1. The van der Waals surface area contributed by atoms with Crippen molar-refractivity contribution in [1.82, 2.24) is 4.98 Å². The molecule has 1 aromatic heterocycles. The average Bonchev–Trinajstić information content (AvgIpc) is 2.29. The lowest BCUT2D eigenvalue weighted by atomic mass is 10.1. The molecule has 0 bridgehead atoms. The molecule has 0 spiro atoms. The van der Waals surface area contributed by atoms with Crippen LogP contribution in [0.1, 0.15) is 5.56 Å². The minimum absolute atomic E-state index is 0.0302. The number of hydrogen-bond acceptors (Lipinski definition) is 2. The minimum atomic E-state index is -0.0302. The van der Waals surface area contributed by atoms with Gasteiger partial charge in [0.05, 0.1) is 22.3 Å². The fraction of sp³-hybridized carbons (Fsp3) is 0.0833. The first-order valence-corrected chi connectivity index (χ1v) is 5.48. The molecular formula is C12H9Cl2NO. The number of hydrogen-bond donors (Lipinski definition) is 1. The quantitative estimate of drug-likeness (QED) is 0.888. The largest absolute Gasteiger partial charge is 0.392 e. The molecule has 16 heavy (non-hydrogen) atoms. The van der Waals surface area contributed by atoms with Crippen LogP contribution in [-0.2, 0) is 6.61 Å². The normalized spacial score (nSPS) is 10.4. The highest BCUT2D eigenvalue weighted by molar-refractivity contribution is 6.39. The summed E-state index contributed by atoms with van der Waals surface area (Å²) in [5, 5.41) is 10.2. The minimum Gasteiger partial charge on any atom is -0.392 e. The second kappa shape index (κ2) is 4.83. The average molecular weight is 254 g/mol. The Morgan fingerprint density at radius 1 is 1.12 bits per heavy atom. The number of halogens is 2. The van der Waals surface area contributed by atoms with Crippen LogP contribution in [0.2, 0.25) is 10.0 Å². The van der Waals surface area contributed by atoms with Crippen LogP contribution < -0.4 is 0 Å². The summed E-state index contributed by atoms with van der Waals surface area (Å²) >= 11 is 12.1. The third-order valence-corrected chi connectivity index (χ3v) is 2.86. The van der Waals surface area contributed by atoms with Gasteiger partial charge in [0.1, 0.15) is 0 Å². The number of aliphatic hydroxyl groups excluding tert-OH is 1. The summed E-state index contributed by atoms with van der Waals surface area (Å²) < 4.78 is 0. The van der Waals surface area contributed by atoms with E-state index < -0.39 is 0 Å². The standard InChI is InChI=1S/C12H9Cl2NO/c13-9-2-1-3-10(14)12(9)11-6-8(7-16)4-5-15-11/h1-6,16H,7H2. The number of benzene rings is 1. The van der Waals surface area contributed by atoms with E-state index in [2.05, 4.69) is 4.98 Å². The topological polar surface area (TPSA) is 33.1 Å². The Hall–Kier alpha value is -1.09. The van der Waals surface area contributed by atoms with Crippen LogP contribution in [0.3, 0.4) is 0 Å². The molecule has 0 unspecified atom stereocenters. The van der Waals surface area contributed by atoms with Crippen LogP contribution in [0.5, 0.6) is 0 Å². The van der Waals surface area contributed by atoms with Crippen LogP contribution in [0.4, 0.5) is 0 Å². The number of pyridine rings is 1.